The lowest BCUT2D eigenvalue weighted by atomic mass is 10.0. The summed E-state index contributed by atoms with van der Waals surface area (Å²) in [5, 5.41) is 13.8. The van der Waals surface area contributed by atoms with E-state index in [1.165, 1.54) is 0 Å². The molecule has 0 saturated carbocycles. The normalized spacial score (nSPS) is 13.2. The third-order valence-electron chi connectivity index (χ3n) is 4.02. The van der Waals surface area contributed by atoms with Crippen LogP contribution in [0.3, 0.4) is 0 Å². The van der Waals surface area contributed by atoms with Gasteiger partial charge in [0, 0.05) is 24.2 Å². The fourth-order valence-corrected chi connectivity index (χ4v) is 2.55. The van der Waals surface area contributed by atoms with Gasteiger partial charge in [0.25, 0.3) is 0 Å². The monoisotopic (exact) mass is 331 g/mol. The zero-order chi connectivity index (χ0) is 17.5. The minimum absolute atomic E-state index is 0.120. The smallest absolute Gasteiger partial charge is 0.164 e. The van der Waals surface area contributed by atoms with Crippen LogP contribution in [0.25, 0.3) is 0 Å². The quantitative estimate of drug-likeness (QED) is 0.779. The van der Waals surface area contributed by atoms with Gasteiger partial charge in [-0.2, -0.15) is 0 Å². The topological polar surface area (TPSA) is 60.0 Å². The van der Waals surface area contributed by atoms with Crippen molar-refractivity contribution in [2.45, 2.75) is 25.6 Å². The molecule has 0 aromatic heterocycles. The third-order valence-corrected chi connectivity index (χ3v) is 4.02. The number of benzene rings is 2. The van der Waals surface area contributed by atoms with E-state index in [1.807, 2.05) is 43.3 Å². The molecule has 0 aliphatic carbocycles. The molecule has 0 radical (unpaired) electrons. The van der Waals surface area contributed by atoms with Gasteiger partial charge in [0.1, 0.15) is 5.75 Å². The summed E-state index contributed by atoms with van der Waals surface area (Å²) in [7, 11) is 4.81. The molecule has 0 saturated heterocycles. The summed E-state index contributed by atoms with van der Waals surface area (Å²) in [6.07, 6.45) is -0.586. The lowest BCUT2D eigenvalue weighted by molar-refractivity contribution is 0.135. The van der Waals surface area contributed by atoms with Crippen molar-refractivity contribution in [1.82, 2.24) is 5.32 Å². The number of ether oxygens (including phenoxy) is 3. The number of hydrogen-bond donors (Lipinski definition) is 2. The molecule has 5 heteroatoms. The fourth-order valence-electron chi connectivity index (χ4n) is 2.55. The second-order valence-corrected chi connectivity index (χ2v) is 5.54. The lowest BCUT2D eigenvalue weighted by Gasteiger charge is -2.22. The van der Waals surface area contributed by atoms with Crippen LogP contribution in [-0.4, -0.2) is 32.5 Å². The second kappa shape index (κ2) is 8.57. The molecule has 0 heterocycles. The highest BCUT2D eigenvalue weighted by Gasteiger charge is 2.17. The van der Waals surface area contributed by atoms with E-state index < -0.39 is 6.10 Å². The van der Waals surface area contributed by atoms with Gasteiger partial charge >= 0.3 is 0 Å². The Morgan fingerprint density at radius 2 is 1.50 bits per heavy atom. The van der Waals surface area contributed by atoms with Crippen molar-refractivity contribution < 1.29 is 19.3 Å². The predicted octanol–water partition coefficient (Wildman–Crippen LogP) is 2.92. The molecule has 0 aliphatic rings. The lowest BCUT2D eigenvalue weighted by Crippen LogP contribution is -2.31. The van der Waals surface area contributed by atoms with Crippen LogP contribution in [0.2, 0.25) is 0 Å². The van der Waals surface area contributed by atoms with Crippen LogP contribution in [0, 0.1) is 0 Å². The Morgan fingerprint density at radius 1 is 0.917 bits per heavy atom. The summed E-state index contributed by atoms with van der Waals surface area (Å²) in [6, 6.07) is 13.2. The molecule has 2 N–H and O–H groups in total. The van der Waals surface area contributed by atoms with Crippen LogP contribution < -0.4 is 19.5 Å². The van der Waals surface area contributed by atoms with Crippen molar-refractivity contribution in [3.05, 3.63) is 53.6 Å². The molecule has 0 bridgehead atoms. The summed E-state index contributed by atoms with van der Waals surface area (Å²) in [4.78, 5) is 0. The number of aliphatic hydroxyl groups excluding tert-OH is 1. The van der Waals surface area contributed by atoms with Crippen molar-refractivity contribution in [2.24, 2.45) is 0 Å². The molecule has 0 fully saturated rings. The first-order valence-corrected chi connectivity index (χ1v) is 7.86. The van der Waals surface area contributed by atoms with E-state index in [-0.39, 0.29) is 6.04 Å². The largest absolute Gasteiger partial charge is 0.496 e. The van der Waals surface area contributed by atoms with Crippen LogP contribution in [-0.2, 0) is 6.54 Å². The minimum atomic E-state index is -0.586. The van der Waals surface area contributed by atoms with Crippen LogP contribution >= 0.6 is 0 Å². The average Bonchev–Trinajstić information content (AvgIpc) is 2.65. The molecule has 0 unspecified atom stereocenters. The van der Waals surface area contributed by atoms with Crippen molar-refractivity contribution >= 4 is 0 Å². The van der Waals surface area contributed by atoms with E-state index >= 15 is 0 Å². The zero-order valence-corrected chi connectivity index (χ0v) is 14.6. The van der Waals surface area contributed by atoms with E-state index in [2.05, 4.69) is 5.32 Å². The number of nitrogens with one attached hydrogen (secondary N) is 1. The molecular formula is C19H25NO4. The van der Waals surface area contributed by atoms with Crippen LogP contribution in [0.5, 0.6) is 17.2 Å². The summed E-state index contributed by atoms with van der Waals surface area (Å²) in [5.74, 6) is 1.98. The van der Waals surface area contributed by atoms with E-state index in [1.54, 1.807) is 27.4 Å². The van der Waals surface area contributed by atoms with Crippen molar-refractivity contribution in [3.63, 3.8) is 0 Å². The van der Waals surface area contributed by atoms with Gasteiger partial charge in [0.15, 0.2) is 11.5 Å². The molecule has 0 spiro atoms. The number of methoxy groups -OCH3 is 3. The van der Waals surface area contributed by atoms with E-state index in [9.17, 15) is 5.11 Å². The predicted molar refractivity (Wildman–Crippen MR) is 93.8 cm³/mol. The standard InChI is InChI=1S/C19H25NO4/c1-13(19(21)14-8-6-5-7-9-14)20-12-15-10-17(23-3)18(24-4)11-16(15)22-2/h5-11,13,19-21H,12H2,1-4H3/t13-,19-/m1/s1. The van der Waals surface area contributed by atoms with Gasteiger partial charge in [-0.25, -0.2) is 0 Å². The molecule has 5 nitrogen and oxygen atoms in total. The first kappa shape index (κ1) is 18.1. The SMILES string of the molecule is COc1cc(OC)c(OC)cc1CN[C@H](C)[C@@H](O)c1ccccc1. The molecule has 24 heavy (non-hydrogen) atoms. The van der Waals surface area contributed by atoms with Crippen LogP contribution in [0.1, 0.15) is 24.2 Å². The van der Waals surface area contributed by atoms with Gasteiger partial charge in [-0.15, -0.1) is 0 Å². The van der Waals surface area contributed by atoms with E-state index in [0.29, 0.717) is 23.8 Å². The zero-order valence-electron chi connectivity index (χ0n) is 14.6. The maximum Gasteiger partial charge on any atom is 0.164 e. The summed E-state index contributed by atoms with van der Waals surface area (Å²) in [5.41, 5.74) is 1.82. The molecule has 2 aromatic carbocycles. The van der Waals surface area contributed by atoms with Crippen LogP contribution in [0.4, 0.5) is 0 Å². The van der Waals surface area contributed by atoms with Crippen molar-refractivity contribution in [1.29, 1.82) is 0 Å². The van der Waals surface area contributed by atoms with Gasteiger partial charge in [0.2, 0.25) is 0 Å². The highest BCUT2D eigenvalue weighted by Crippen LogP contribution is 2.34. The first-order valence-electron chi connectivity index (χ1n) is 7.86. The van der Waals surface area contributed by atoms with Gasteiger partial charge in [-0.1, -0.05) is 30.3 Å². The second-order valence-electron chi connectivity index (χ2n) is 5.54. The third kappa shape index (κ3) is 4.19. The Hall–Kier alpha value is -2.24. The molecule has 2 atom stereocenters. The number of hydrogen-bond acceptors (Lipinski definition) is 5. The molecule has 0 aliphatic heterocycles. The summed E-state index contributed by atoms with van der Waals surface area (Å²) < 4.78 is 16.1. The summed E-state index contributed by atoms with van der Waals surface area (Å²) in [6.45, 7) is 2.49. The van der Waals surface area contributed by atoms with Crippen molar-refractivity contribution in [3.8, 4) is 17.2 Å². The Kier molecular flexibility index (Phi) is 6.46. The number of aliphatic hydroxyl groups is 1. The van der Waals surface area contributed by atoms with Gasteiger partial charge in [-0.05, 0) is 18.6 Å². The molecule has 2 rings (SSSR count). The van der Waals surface area contributed by atoms with E-state index in [4.69, 9.17) is 14.2 Å². The van der Waals surface area contributed by atoms with Gasteiger partial charge in [0.05, 0.1) is 27.4 Å². The maximum atomic E-state index is 10.4. The molecule has 2 aromatic rings. The Bertz CT molecular complexity index is 645. The average molecular weight is 331 g/mol. The maximum absolute atomic E-state index is 10.4. The van der Waals surface area contributed by atoms with E-state index in [0.717, 1.165) is 11.1 Å². The van der Waals surface area contributed by atoms with Crippen molar-refractivity contribution in [2.75, 3.05) is 21.3 Å². The van der Waals surface area contributed by atoms with Crippen LogP contribution in [0.15, 0.2) is 42.5 Å². The Morgan fingerprint density at radius 3 is 2.08 bits per heavy atom. The Labute approximate surface area is 143 Å². The molecule has 0 amide bonds. The van der Waals surface area contributed by atoms with Gasteiger partial charge in [-0.3, -0.25) is 0 Å². The fraction of sp³-hybridized carbons (Fsp3) is 0.368. The highest BCUT2D eigenvalue weighted by atomic mass is 16.5. The first-order chi connectivity index (χ1) is 11.6. The van der Waals surface area contributed by atoms with Gasteiger partial charge < -0.3 is 24.6 Å². The number of rotatable bonds is 8. The highest BCUT2D eigenvalue weighted by molar-refractivity contribution is 5.50. The molecule has 130 valence electrons. The minimum Gasteiger partial charge on any atom is -0.496 e. The Balaban J connectivity index is 2.10. The molecular weight excluding hydrogens is 306 g/mol. The summed E-state index contributed by atoms with van der Waals surface area (Å²) >= 11 is 0.